The summed E-state index contributed by atoms with van der Waals surface area (Å²) >= 11 is 2.16. The number of rotatable bonds is 4. The highest BCUT2D eigenvalue weighted by molar-refractivity contribution is 14.1. The minimum Gasteiger partial charge on any atom is -0.504 e. The lowest BCUT2D eigenvalue weighted by Crippen LogP contribution is -2.01. The highest BCUT2D eigenvalue weighted by atomic mass is 127. The van der Waals surface area contributed by atoms with Crippen LogP contribution < -0.4 is 10.1 Å². The van der Waals surface area contributed by atoms with Crippen molar-refractivity contribution >= 4 is 28.3 Å². The Morgan fingerprint density at radius 2 is 1.95 bits per heavy atom. The van der Waals surface area contributed by atoms with Crippen molar-refractivity contribution in [1.82, 2.24) is 0 Å². The highest BCUT2D eigenvalue weighted by Crippen LogP contribution is 2.32. The number of halogens is 2. The van der Waals surface area contributed by atoms with Crippen LogP contribution in [0.25, 0.3) is 0 Å². The number of hydrogen-bond acceptors (Lipinski definition) is 3. The zero-order valence-corrected chi connectivity index (χ0v) is 12.4. The van der Waals surface area contributed by atoms with Gasteiger partial charge in [0.05, 0.1) is 7.11 Å². The lowest BCUT2D eigenvalue weighted by atomic mass is 10.2. The Kier molecular flexibility index (Phi) is 4.47. The molecule has 0 heterocycles. The largest absolute Gasteiger partial charge is 0.504 e. The van der Waals surface area contributed by atoms with Crippen LogP contribution in [-0.2, 0) is 6.54 Å². The zero-order chi connectivity index (χ0) is 13.8. The number of hydrogen-bond donors (Lipinski definition) is 2. The van der Waals surface area contributed by atoms with Gasteiger partial charge in [0.25, 0.3) is 0 Å². The van der Waals surface area contributed by atoms with Crippen LogP contribution in [0.5, 0.6) is 11.5 Å². The number of nitrogens with one attached hydrogen (secondary N) is 1. The fourth-order valence-corrected chi connectivity index (χ4v) is 2.34. The van der Waals surface area contributed by atoms with E-state index in [1.807, 2.05) is 6.07 Å². The Hall–Kier alpha value is -1.50. The summed E-state index contributed by atoms with van der Waals surface area (Å²) in [6.45, 7) is 0.435. The van der Waals surface area contributed by atoms with Gasteiger partial charge in [-0.3, -0.25) is 0 Å². The van der Waals surface area contributed by atoms with Crippen molar-refractivity contribution < 1.29 is 14.2 Å². The highest BCUT2D eigenvalue weighted by Gasteiger charge is 2.09. The van der Waals surface area contributed by atoms with Crippen LogP contribution in [0.15, 0.2) is 36.4 Å². The molecule has 0 spiro atoms. The molecule has 0 amide bonds. The number of phenolic OH excluding ortho intramolecular Hbond substituents is 1. The van der Waals surface area contributed by atoms with E-state index in [4.69, 9.17) is 4.74 Å². The standard InChI is InChI=1S/C14H13FINO2/c1-19-13-7-11(16)6-9(14(13)18)8-17-12-4-2-10(15)3-5-12/h2-7,17-18H,8H2,1H3. The van der Waals surface area contributed by atoms with Crippen LogP contribution in [0.4, 0.5) is 10.1 Å². The molecule has 2 aromatic rings. The monoisotopic (exact) mass is 373 g/mol. The van der Waals surface area contributed by atoms with Crippen molar-refractivity contribution in [3.05, 3.63) is 51.3 Å². The molecule has 5 heteroatoms. The van der Waals surface area contributed by atoms with Crippen molar-refractivity contribution in [3.63, 3.8) is 0 Å². The molecular formula is C14H13FINO2. The van der Waals surface area contributed by atoms with Gasteiger partial charge < -0.3 is 15.2 Å². The van der Waals surface area contributed by atoms with Crippen molar-refractivity contribution in [1.29, 1.82) is 0 Å². The van der Waals surface area contributed by atoms with Gasteiger partial charge in [0.15, 0.2) is 11.5 Å². The third-order valence-electron chi connectivity index (χ3n) is 2.67. The van der Waals surface area contributed by atoms with Gasteiger partial charge in [0.2, 0.25) is 0 Å². The van der Waals surface area contributed by atoms with Gasteiger partial charge in [-0.2, -0.15) is 0 Å². The van der Waals surface area contributed by atoms with E-state index in [9.17, 15) is 9.50 Å². The van der Waals surface area contributed by atoms with Crippen LogP contribution >= 0.6 is 22.6 Å². The van der Waals surface area contributed by atoms with Gasteiger partial charge in [-0.1, -0.05) is 0 Å². The topological polar surface area (TPSA) is 41.5 Å². The summed E-state index contributed by atoms with van der Waals surface area (Å²) < 4.78 is 18.9. The van der Waals surface area contributed by atoms with Gasteiger partial charge >= 0.3 is 0 Å². The maximum atomic E-state index is 12.8. The summed E-state index contributed by atoms with van der Waals surface area (Å²) in [6.07, 6.45) is 0. The third kappa shape index (κ3) is 3.50. The number of aromatic hydroxyl groups is 1. The van der Waals surface area contributed by atoms with Crippen molar-refractivity contribution in [2.75, 3.05) is 12.4 Å². The van der Waals surface area contributed by atoms with E-state index in [1.54, 1.807) is 18.2 Å². The molecule has 0 aliphatic rings. The van der Waals surface area contributed by atoms with Crippen molar-refractivity contribution in [2.24, 2.45) is 0 Å². The molecule has 0 saturated heterocycles. The molecule has 2 aromatic carbocycles. The smallest absolute Gasteiger partial charge is 0.162 e. The molecule has 0 fully saturated rings. The van der Waals surface area contributed by atoms with Gasteiger partial charge in [-0.15, -0.1) is 0 Å². The summed E-state index contributed by atoms with van der Waals surface area (Å²) in [4.78, 5) is 0. The molecule has 0 atom stereocenters. The third-order valence-corrected chi connectivity index (χ3v) is 3.29. The first kappa shape index (κ1) is 13.9. The van der Waals surface area contributed by atoms with Crippen LogP contribution in [0, 0.1) is 9.39 Å². The quantitative estimate of drug-likeness (QED) is 0.803. The van der Waals surface area contributed by atoms with E-state index >= 15 is 0 Å². The average molecular weight is 373 g/mol. The minimum atomic E-state index is -0.274. The van der Waals surface area contributed by atoms with E-state index in [0.29, 0.717) is 12.3 Å². The first-order valence-electron chi connectivity index (χ1n) is 5.65. The molecule has 0 unspecified atom stereocenters. The fraction of sp³-hybridized carbons (Fsp3) is 0.143. The number of benzene rings is 2. The minimum absolute atomic E-state index is 0.123. The van der Waals surface area contributed by atoms with Gasteiger partial charge in [-0.05, 0) is 59.0 Å². The van der Waals surface area contributed by atoms with E-state index in [1.165, 1.54) is 19.2 Å². The van der Waals surface area contributed by atoms with Crippen LogP contribution in [0.3, 0.4) is 0 Å². The predicted octanol–water partition coefficient (Wildman–Crippen LogP) is 3.76. The van der Waals surface area contributed by atoms with Gasteiger partial charge in [0, 0.05) is 21.4 Å². The first-order chi connectivity index (χ1) is 9.10. The number of ether oxygens (including phenoxy) is 1. The molecule has 19 heavy (non-hydrogen) atoms. The lowest BCUT2D eigenvalue weighted by Gasteiger charge is -2.11. The van der Waals surface area contributed by atoms with Crippen LogP contribution in [0.1, 0.15) is 5.56 Å². The summed E-state index contributed by atoms with van der Waals surface area (Å²) in [5, 5.41) is 13.1. The van der Waals surface area contributed by atoms with E-state index in [-0.39, 0.29) is 11.6 Å². The van der Waals surface area contributed by atoms with Crippen molar-refractivity contribution in [2.45, 2.75) is 6.54 Å². The second-order valence-corrected chi connectivity index (χ2v) is 5.22. The zero-order valence-electron chi connectivity index (χ0n) is 10.3. The average Bonchev–Trinajstić information content (AvgIpc) is 2.41. The maximum absolute atomic E-state index is 12.8. The Morgan fingerprint density at radius 3 is 2.58 bits per heavy atom. The van der Waals surface area contributed by atoms with Crippen molar-refractivity contribution in [3.8, 4) is 11.5 Å². The molecule has 0 aromatic heterocycles. The molecule has 0 bridgehead atoms. The maximum Gasteiger partial charge on any atom is 0.162 e. The number of methoxy groups -OCH3 is 1. The molecular weight excluding hydrogens is 360 g/mol. The number of phenols is 1. The summed E-state index contributed by atoms with van der Waals surface area (Å²) in [5.41, 5.74) is 1.52. The van der Waals surface area contributed by atoms with Gasteiger partial charge in [-0.25, -0.2) is 4.39 Å². The normalized spacial score (nSPS) is 10.3. The fourth-order valence-electron chi connectivity index (χ4n) is 1.68. The second kappa shape index (κ2) is 6.10. The Bertz CT molecular complexity index is 572. The molecule has 0 aliphatic heterocycles. The second-order valence-electron chi connectivity index (χ2n) is 3.98. The molecule has 0 radical (unpaired) electrons. The molecule has 0 aliphatic carbocycles. The molecule has 2 rings (SSSR count). The Labute approximate surface area is 124 Å². The Balaban J connectivity index is 2.15. The molecule has 100 valence electrons. The molecule has 0 saturated carbocycles. The summed E-state index contributed by atoms with van der Waals surface area (Å²) in [5.74, 6) is 0.296. The SMILES string of the molecule is COc1cc(I)cc(CNc2ccc(F)cc2)c1O. The number of anilines is 1. The Morgan fingerprint density at radius 1 is 1.26 bits per heavy atom. The van der Waals surface area contributed by atoms with Gasteiger partial charge in [0.1, 0.15) is 5.82 Å². The molecule has 2 N–H and O–H groups in total. The predicted molar refractivity (Wildman–Crippen MR) is 81.1 cm³/mol. The van der Waals surface area contributed by atoms with E-state index in [0.717, 1.165) is 14.8 Å². The van der Waals surface area contributed by atoms with E-state index in [2.05, 4.69) is 27.9 Å². The summed E-state index contributed by atoms with van der Waals surface area (Å²) in [7, 11) is 1.52. The first-order valence-corrected chi connectivity index (χ1v) is 6.73. The van der Waals surface area contributed by atoms with E-state index < -0.39 is 0 Å². The summed E-state index contributed by atoms with van der Waals surface area (Å²) in [6, 6.07) is 9.70. The van der Waals surface area contributed by atoms with Crippen LogP contribution in [-0.4, -0.2) is 12.2 Å². The lowest BCUT2D eigenvalue weighted by molar-refractivity contribution is 0.370. The van der Waals surface area contributed by atoms with Crippen LogP contribution in [0.2, 0.25) is 0 Å². The molecule has 3 nitrogen and oxygen atoms in total.